The Labute approximate surface area is 209 Å². The molecule has 2 aromatic carbocycles. The number of aryl methyl sites for hydroxylation is 3. The third-order valence-electron chi connectivity index (χ3n) is 6.49. The third-order valence-corrected chi connectivity index (χ3v) is 6.49. The summed E-state index contributed by atoms with van der Waals surface area (Å²) in [7, 11) is 0. The molecule has 36 heavy (non-hydrogen) atoms. The van der Waals surface area contributed by atoms with Crippen LogP contribution in [-0.2, 0) is 17.8 Å². The minimum atomic E-state index is -0.957. The van der Waals surface area contributed by atoms with E-state index < -0.39 is 11.6 Å². The average molecular weight is 493 g/mol. The van der Waals surface area contributed by atoms with Crippen LogP contribution >= 0.6 is 0 Å². The van der Waals surface area contributed by atoms with Crippen molar-refractivity contribution >= 4 is 11.8 Å². The molecule has 1 saturated heterocycles. The smallest absolute Gasteiger partial charge is 0.254 e. The molecule has 0 unspecified atom stereocenters. The minimum absolute atomic E-state index is 0.0145. The van der Waals surface area contributed by atoms with E-state index in [4.69, 9.17) is 0 Å². The first-order valence-corrected chi connectivity index (χ1v) is 12.1. The molecule has 4 rings (SSSR count). The van der Waals surface area contributed by atoms with E-state index in [0.717, 1.165) is 28.8 Å². The van der Waals surface area contributed by atoms with Crippen molar-refractivity contribution in [2.45, 2.75) is 52.5 Å². The number of hydrogen-bond donors (Lipinski definition) is 1. The van der Waals surface area contributed by atoms with Crippen LogP contribution in [-0.4, -0.2) is 39.8 Å². The molecule has 1 N–H and O–H groups in total. The van der Waals surface area contributed by atoms with Crippen LogP contribution in [0.3, 0.4) is 0 Å². The number of nitrogens with zero attached hydrogens (tertiary/aromatic N) is 3. The number of carbonyl (C=O) groups excluding carboxylic acids is 2. The van der Waals surface area contributed by atoms with Crippen LogP contribution in [0, 0.1) is 32.4 Å². The highest BCUT2D eigenvalue weighted by molar-refractivity contribution is 5.95. The highest BCUT2D eigenvalue weighted by atomic mass is 19.2. The molecule has 6 nitrogen and oxygen atoms in total. The molecule has 0 aliphatic carbocycles. The monoisotopic (exact) mass is 492 g/mol. The summed E-state index contributed by atoms with van der Waals surface area (Å²) in [4.78, 5) is 36.4. The van der Waals surface area contributed by atoms with Crippen molar-refractivity contribution in [3.05, 3.63) is 93.6 Å². The van der Waals surface area contributed by atoms with Gasteiger partial charge in [-0.1, -0.05) is 35.4 Å². The van der Waals surface area contributed by atoms with Crippen molar-refractivity contribution < 1.29 is 18.4 Å². The minimum Gasteiger partial charge on any atom is -0.348 e. The van der Waals surface area contributed by atoms with E-state index in [1.807, 2.05) is 26.0 Å². The molecular formula is C28H30F2N4O2. The van der Waals surface area contributed by atoms with E-state index >= 15 is 0 Å². The number of rotatable bonds is 6. The highest BCUT2D eigenvalue weighted by Gasteiger charge is 2.28. The Morgan fingerprint density at radius 3 is 2.33 bits per heavy atom. The number of amides is 2. The molecule has 0 saturated carbocycles. The number of likely N-dealkylation sites (tertiary alicyclic amines) is 1. The standard InChI is InChI=1S/C28H30F2N4O2/c1-17-10-18(2)12-21(11-17)15-32-28(36)23-16-31-19(3)33-27(23)22-6-8-34(9-7-22)26(35)14-20-4-5-24(29)25(30)13-20/h4-5,10-13,16,22H,6-9,14-15H2,1-3H3,(H,32,36). The molecule has 8 heteroatoms. The Balaban J connectivity index is 1.40. The van der Waals surface area contributed by atoms with Crippen LogP contribution in [0.2, 0.25) is 0 Å². The molecular weight excluding hydrogens is 462 g/mol. The van der Waals surface area contributed by atoms with Crippen LogP contribution in [0.5, 0.6) is 0 Å². The lowest BCUT2D eigenvalue weighted by molar-refractivity contribution is -0.131. The number of nitrogens with one attached hydrogen (secondary N) is 1. The fourth-order valence-electron chi connectivity index (χ4n) is 4.76. The molecule has 0 bridgehead atoms. The van der Waals surface area contributed by atoms with Gasteiger partial charge in [-0.2, -0.15) is 0 Å². The van der Waals surface area contributed by atoms with Gasteiger partial charge in [0.05, 0.1) is 17.7 Å². The van der Waals surface area contributed by atoms with Crippen LogP contribution in [0.25, 0.3) is 0 Å². The van der Waals surface area contributed by atoms with Crippen LogP contribution in [0.4, 0.5) is 8.78 Å². The van der Waals surface area contributed by atoms with Gasteiger partial charge in [-0.25, -0.2) is 18.7 Å². The molecule has 0 spiro atoms. The van der Waals surface area contributed by atoms with Crippen molar-refractivity contribution in [3.63, 3.8) is 0 Å². The molecule has 1 aliphatic rings. The second kappa shape index (κ2) is 10.9. The molecule has 2 heterocycles. The van der Waals surface area contributed by atoms with Crippen LogP contribution in [0.1, 0.15) is 62.9 Å². The van der Waals surface area contributed by atoms with E-state index in [-0.39, 0.29) is 24.2 Å². The van der Waals surface area contributed by atoms with Gasteiger partial charge >= 0.3 is 0 Å². The van der Waals surface area contributed by atoms with Crippen LogP contribution in [0.15, 0.2) is 42.6 Å². The molecule has 188 valence electrons. The fourth-order valence-corrected chi connectivity index (χ4v) is 4.76. The van der Waals surface area contributed by atoms with Crippen molar-refractivity contribution in [3.8, 4) is 0 Å². The Hall–Kier alpha value is -3.68. The number of halogens is 2. The van der Waals surface area contributed by atoms with E-state index in [1.54, 1.807) is 18.0 Å². The van der Waals surface area contributed by atoms with Crippen molar-refractivity contribution in [2.24, 2.45) is 0 Å². The average Bonchev–Trinajstić information content (AvgIpc) is 2.84. The topological polar surface area (TPSA) is 75.2 Å². The first kappa shape index (κ1) is 25.4. The summed E-state index contributed by atoms with van der Waals surface area (Å²) in [5.74, 6) is -1.64. The van der Waals surface area contributed by atoms with E-state index in [2.05, 4.69) is 21.4 Å². The molecule has 1 aromatic heterocycles. The second-order valence-corrected chi connectivity index (χ2v) is 9.48. The fraction of sp³-hybridized carbons (Fsp3) is 0.357. The summed E-state index contributed by atoms with van der Waals surface area (Å²) in [6.07, 6.45) is 2.89. The number of benzene rings is 2. The number of carbonyl (C=O) groups is 2. The molecule has 0 radical (unpaired) electrons. The number of aromatic nitrogens is 2. The predicted molar refractivity (Wildman–Crippen MR) is 132 cm³/mol. The quantitative estimate of drug-likeness (QED) is 0.548. The van der Waals surface area contributed by atoms with Gasteiger partial charge in [-0.05, 0) is 56.9 Å². The number of piperidine rings is 1. The third kappa shape index (κ3) is 6.11. The second-order valence-electron chi connectivity index (χ2n) is 9.48. The lowest BCUT2D eigenvalue weighted by Crippen LogP contribution is -2.39. The van der Waals surface area contributed by atoms with Gasteiger partial charge < -0.3 is 10.2 Å². The van der Waals surface area contributed by atoms with Crippen molar-refractivity contribution in [2.75, 3.05) is 13.1 Å². The molecule has 2 amide bonds. The first-order chi connectivity index (χ1) is 17.2. The van der Waals surface area contributed by atoms with E-state index in [1.165, 1.54) is 6.07 Å². The maximum Gasteiger partial charge on any atom is 0.254 e. The Morgan fingerprint density at radius 1 is 0.972 bits per heavy atom. The van der Waals surface area contributed by atoms with Gasteiger partial charge in [0.15, 0.2) is 11.6 Å². The summed E-state index contributed by atoms with van der Waals surface area (Å²) < 4.78 is 26.7. The highest BCUT2D eigenvalue weighted by Crippen LogP contribution is 2.29. The zero-order valence-corrected chi connectivity index (χ0v) is 20.8. The summed E-state index contributed by atoms with van der Waals surface area (Å²) in [5.41, 5.74) is 4.91. The SMILES string of the molecule is Cc1cc(C)cc(CNC(=O)c2cnc(C)nc2C2CCN(C(=O)Cc3ccc(F)c(F)c3)CC2)c1. The van der Waals surface area contributed by atoms with E-state index in [0.29, 0.717) is 55.1 Å². The molecule has 0 atom stereocenters. The van der Waals surface area contributed by atoms with Crippen LogP contribution < -0.4 is 5.32 Å². The van der Waals surface area contributed by atoms with Gasteiger partial charge in [0.25, 0.3) is 5.91 Å². The summed E-state index contributed by atoms with van der Waals surface area (Å²) in [6.45, 7) is 7.26. The molecule has 1 aliphatic heterocycles. The lowest BCUT2D eigenvalue weighted by Gasteiger charge is -2.32. The zero-order chi connectivity index (χ0) is 25.8. The number of hydrogen-bond acceptors (Lipinski definition) is 4. The maximum absolute atomic E-state index is 13.5. The normalized spacial score (nSPS) is 14.1. The van der Waals surface area contributed by atoms with Gasteiger partial charge in [0, 0.05) is 31.7 Å². The summed E-state index contributed by atoms with van der Waals surface area (Å²) in [6, 6.07) is 9.71. The summed E-state index contributed by atoms with van der Waals surface area (Å²) in [5, 5.41) is 2.99. The Morgan fingerprint density at radius 2 is 1.67 bits per heavy atom. The Bertz CT molecular complexity index is 1270. The lowest BCUT2D eigenvalue weighted by atomic mass is 9.90. The van der Waals surface area contributed by atoms with Crippen molar-refractivity contribution in [1.82, 2.24) is 20.2 Å². The van der Waals surface area contributed by atoms with Gasteiger partial charge in [-0.3, -0.25) is 9.59 Å². The van der Waals surface area contributed by atoms with E-state index in [9.17, 15) is 18.4 Å². The maximum atomic E-state index is 13.5. The largest absolute Gasteiger partial charge is 0.348 e. The molecule has 1 fully saturated rings. The Kier molecular flexibility index (Phi) is 7.72. The zero-order valence-electron chi connectivity index (χ0n) is 20.8. The summed E-state index contributed by atoms with van der Waals surface area (Å²) >= 11 is 0. The van der Waals surface area contributed by atoms with Crippen molar-refractivity contribution in [1.29, 1.82) is 0 Å². The van der Waals surface area contributed by atoms with Gasteiger partial charge in [0.2, 0.25) is 5.91 Å². The van der Waals surface area contributed by atoms with Gasteiger partial charge in [0.1, 0.15) is 5.82 Å². The van der Waals surface area contributed by atoms with Gasteiger partial charge in [-0.15, -0.1) is 0 Å². The molecule has 3 aromatic rings. The predicted octanol–water partition coefficient (Wildman–Crippen LogP) is 4.56. The first-order valence-electron chi connectivity index (χ1n) is 12.1.